The summed E-state index contributed by atoms with van der Waals surface area (Å²) >= 11 is 0. The number of hydrogen-bond donors (Lipinski definition) is 2. The standard InChI is InChI=1S/C10H17N3/c1-11-10-12-7-9(13-10)8-5-3-2-4-6-8/h7-8H,2-6H2,1H3,(H2,11,12,13). The maximum Gasteiger partial charge on any atom is 0.200 e. The SMILES string of the molecule is CNc1ncc(C2CCCCC2)[nH]1. The second-order valence-corrected chi connectivity index (χ2v) is 3.77. The van der Waals surface area contributed by atoms with E-state index in [0.717, 1.165) is 11.9 Å². The molecule has 0 unspecified atom stereocenters. The second kappa shape index (κ2) is 3.81. The molecule has 72 valence electrons. The largest absolute Gasteiger partial charge is 0.359 e. The van der Waals surface area contributed by atoms with E-state index < -0.39 is 0 Å². The molecule has 0 spiro atoms. The molecule has 0 bridgehead atoms. The summed E-state index contributed by atoms with van der Waals surface area (Å²) in [6.07, 6.45) is 8.78. The van der Waals surface area contributed by atoms with Crippen molar-refractivity contribution >= 4 is 5.95 Å². The van der Waals surface area contributed by atoms with Crippen LogP contribution in [0.2, 0.25) is 0 Å². The van der Waals surface area contributed by atoms with Crippen LogP contribution in [0, 0.1) is 0 Å². The van der Waals surface area contributed by atoms with E-state index in [1.165, 1.54) is 37.8 Å². The lowest BCUT2D eigenvalue weighted by Gasteiger charge is -2.19. The topological polar surface area (TPSA) is 40.7 Å². The van der Waals surface area contributed by atoms with Gasteiger partial charge in [0, 0.05) is 18.7 Å². The van der Waals surface area contributed by atoms with Crippen molar-refractivity contribution in [1.82, 2.24) is 9.97 Å². The van der Waals surface area contributed by atoms with Crippen LogP contribution in [-0.2, 0) is 0 Å². The van der Waals surface area contributed by atoms with Crippen molar-refractivity contribution in [2.45, 2.75) is 38.0 Å². The first-order valence-electron chi connectivity index (χ1n) is 5.13. The summed E-state index contributed by atoms with van der Waals surface area (Å²) in [7, 11) is 1.89. The van der Waals surface area contributed by atoms with Gasteiger partial charge in [0.2, 0.25) is 0 Å². The van der Waals surface area contributed by atoms with E-state index in [1.54, 1.807) is 0 Å². The monoisotopic (exact) mass is 179 g/mol. The van der Waals surface area contributed by atoms with Crippen LogP contribution in [0.1, 0.15) is 43.7 Å². The van der Waals surface area contributed by atoms with Crippen molar-refractivity contribution in [1.29, 1.82) is 0 Å². The van der Waals surface area contributed by atoms with Crippen LogP contribution in [0.15, 0.2) is 6.20 Å². The Morgan fingerprint density at radius 3 is 2.77 bits per heavy atom. The van der Waals surface area contributed by atoms with Crippen LogP contribution < -0.4 is 5.32 Å². The molecule has 13 heavy (non-hydrogen) atoms. The molecule has 0 radical (unpaired) electrons. The number of hydrogen-bond acceptors (Lipinski definition) is 2. The molecule has 0 aliphatic heterocycles. The van der Waals surface area contributed by atoms with Gasteiger partial charge in [-0.2, -0.15) is 0 Å². The lowest BCUT2D eigenvalue weighted by Crippen LogP contribution is -2.04. The molecule has 0 saturated heterocycles. The van der Waals surface area contributed by atoms with E-state index in [1.807, 2.05) is 13.2 Å². The predicted octanol–water partition coefficient (Wildman–Crippen LogP) is 2.50. The lowest BCUT2D eigenvalue weighted by molar-refractivity contribution is 0.438. The van der Waals surface area contributed by atoms with Crippen LogP contribution in [0.3, 0.4) is 0 Å². The normalized spacial score (nSPS) is 18.8. The highest BCUT2D eigenvalue weighted by atomic mass is 15.1. The molecule has 0 atom stereocenters. The molecular weight excluding hydrogens is 162 g/mol. The van der Waals surface area contributed by atoms with Crippen molar-refractivity contribution in [2.75, 3.05) is 12.4 Å². The Morgan fingerprint density at radius 1 is 1.38 bits per heavy atom. The minimum Gasteiger partial charge on any atom is -0.359 e. The van der Waals surface area contributed by atoms with Crippen molar-refractivity contribution < 1.29 is 0 Å². The Kier molecular flexibility index (Phi) is 2.52. The number of aromatic nitrogens is 2. The van der Waals surface area contributed by atoms with Crippen molar-refractivity contribution in [2.24, 2.45) is 0 Å². The average molecular weight is 179 g/mol. The van der Waals surface area contributed by atoms with Crippen LogP contribution >= 0.6 is 0 Å². The van der Waals surface area contributed by atoms with Crippen LogP contribution in [0.4, 0.5) is 5.95 Å². The van der Waals surface area contributed by atoms with E-state index in [0.29, 0.717) is 0 Å². The Bertz CT molecular complexity index is 261. The number of nitrogens with zero attached hydrogens (tertiary/aromatic N) is 1. The highest BCUT2D eigenvalue weighted by Crippen LogP contribution is 2.31. The molecule has 1 aliphatic carbocycles. The minimum atomic E-state index is 0.725. The van der Waals surface area contributed by atoms with Gasteiger partial charge in [-0.05, 0) is 12.8 Å². The third kappa shape index (κ3) is 1.85. The zero-order chi connectivity index (χ0) is 9.10. The van der Waals surface area contributed by atoms with Gasteiger partial charge < -0.3 is 10.3 Å². The van der Waals surface area contributed by atoms with E-state index in [-0.39, 0.29) is 0 Å². The summed E-state index contributed by atoms with van der Waals surface area (Å²) in [6, 6.07) is 0. The lowest BCUT2D eigenvalue weighted by atomic mass is 9.87. The number of rotatable bonds is 2. The summed E-state index contributed by atoms with van der Waals surface area (Å²) < 4.78 is 0. The first-order valence-corrected chi connectivity index (χ1v) is 5.13. The summed E-state index contributed by atoms with van der Waals surface area (Å²) in [5.41, 5.74) is 1.31. The Hall–Kier alpha value is -0.990. The van der Waals surface area contributed by atoms with E-state index >= 15 is 0 Å². The van der Waals surface area contributed by atoms with Crippen molar-refractivity contribution in [3.05, 3.63) is 11.9 Å². The number of nitrogens with one attached hydrogen (secondary N) is 2. The van der Waals surface area contributed by atoms with Crippen LogP contribution in [0.5, 0.6) is 0 Å². The summed E-state index contributed by atoms with van der Waals surface area (Å²) in [5, 5.41) is 3.02. The third-order valence-electron chi connectivity index (χ3n) is 2.88. The van der Waals surface area contributed by atoms with Gasteiger partial charge in [-0.1, -0.05) is 19.3 Å². The molecule has 2 N–H and O–H groups in total. The third-order valence-corrected chi connectivity index (χ3v) is 2.88. The molecule has 1 heterocycles. The maximum absolute atomic E-state index is 4.24. The van der Waals surface area contributed by atoms with Gasteiger partial charge in [0.25, 0.3) is 0 Å². The fourth-order valence-corrected chi connectivity index (χ4v) is 2.08. The Labute approximate surface area is 79.0 Å². The van der Waals surface area contributed by atoms with Crippen LogP contribution in [-0.4, -0.2) is 17.0 Å². The summed E-state index contributed by atoms with van der Waals surface area (Å²) in [5.74, 6) is 1.61. The first-order chi connectivity index (χ1) is 6.40. The quantitative estimate of drug-likeness (QED) is 0.732. The summed E-state index contributed by atoms with van der Waals surface area (Å²) in [6.45, 7) is 0. The number of anilines is 1. The molecule has 1 aliphatic rings. The van der Waals surface area contributed by atoms with Crippen molar-refractivity contribution in [3.8, 4) is 0 Å². The molecular formula is C10H17N3. The molecule has 3 nitrogen and oxygen atoms in total. The van der Waals surface area contributed by atoms with E-state index in [4.69, 9.17) is 0 Å². The van der Waals surface area contributed by atoms with Gasteiger partial charge in [0.05, 0.1) is 6.20 Å². The van der Waals surface area contributed by atoms with Gasteiger partial charge >= 0.3 is 0 Å². The smallest absolute Gasteiger partial charge is 0.200 e. The van der Waals surface area contributed by atoms with Gasteiger partial charge in [0.15, 0.2) is 5.95 Å². The average Bonchev–Trinajstić information content (AvgIpc) is 2.67. The fraction of sp³-hybridized carbons (Fsp3) is 0.700. The Balaban J connectivity index is 2.05. The maximum atomic E-state index is 4.24. The molecule has 2 rings (SSSR count). The number of aromatic amines is 1. The van der Waals surface area contributed by atoms with Gasteiger partial charge in [-0.25, -0.2) is 4.98 Å². The molecule has 3 heteroatoms. The summed E-state index contributed by atoms with van der Waals surface area (Å²) in [4.78, 5) is 7.55. The molecule has 0 aromatic carbocycles. The van der Waals surface area contributed by atoms with Gasteiger partial charge in [0.1, 0.15) is 0 Å². The fourth-order valence-electron chi connectivity index (χ4n) is 2.08. The first kappa shape index (κ1) is 8.60. The Morgan fingerprint density at radius 2 is 2.15 bits per heavy atom. The molecule has 1 aromatic rings. The zero-order valence-electron chi connectivity index (χ0n) is 8.14. The molecule has 1 aromatic heterocycles. The van der Waals surface area contributed by atoms with Crippen LogP contribution in [0.25, 0.3) is 0 Å². The van der Waals surface area contributed by atoms with E-state index in [9.17, 15) is 0 Å². The van der Waals surface area contributed by atoms with Crippen molar-refractivity contribution in [3.63, 3.8) is 0 Å². The minimum absolute atomic E-state index is 0.725. The van der Waals surface area contributed by atoms with Gasteiger partial charge in [-0.15, -0.1) is 0 Å². The predicted molar refractivity (Wildman–Crippen MR) is 54.0 cm³/mol. The van der Waals surface area contributed by atoms with E-state index in [2.05, 4.69) is 15.3 Å². The highest BCUT2D eigenvalue weighted by molar-refractivity contribution is 5.26. The molecule has 1 saturated carbocycles. The number of imidazole rings is 1. The highest BCUT2D eigenvalue weighted by Gasteiger charge is 2.16. The second-order valence-electron chi connectivity index (χ2n) is 3.77. The zero-order valence-corrected chi connectivity index (χ0v) is 8.14. The van der Waals surface area contributed by atoms with Gasteiger partial charge in [-0.3, -0.25) is 0 Å². The number of H-pyrrole nitrogens is 1. The molecule has 0 amide bonds. The molecule has 1 fully saturated rings.